The number of benzene rings is 2. The van der Waals surface area contributed by atoms with Crippen molar-refractivity contribution < 1.29 is 18.3 Å². The highest BCUT2D eigenvalue weighted by Crippen LogP contribution is 2.29. The largest absolute Gasteiger partial charge is 0.481 e. The van der Waals surface area contributed by atoms with Crippen molar-refractivity contribution in [2.75, 3.05) is 7.11 Å². The van der Waals surface area contributed by atoms with Crippen LogP contribution in [0.2, 0.25) is 0 Å². The van der Waals surface area contributed by atoms with Gasteiger partial charge in [-0.25, -0.2) is 13.8 Å². The number of nitrogens with two attached hydrogens (primary N) is 1. The van der Waals surface area contributed by atoms with Crippen molar-refractivity contribution in [3.63, 3.8) is 0 Å². The zero-order valence-corrected chi connectivity index (χ0v) is 23.3. The number of ether oxygens (including phenoxy) is 1. The summed E-state index contributed by atoms with van der Waals surface area (Å²) < 4.78 is 33.5. The minimum absolute atomic E-state index is 0.0163. The number of aryl methyl sites for hydroxylation is 1. The number of H-pyrrole nitrogens is 1. The molecule has 2 aromatic heterocycles. The van der Waals surface area contributed by atoms with Crippen LogP contribution in [0.4, 0.5) is 8.78 Å². The number of hydrogen-bond acceptors (Lipinski definition) is 5. The first-order valence-corrected chi connectivity index (χ1v) is 13.0. The Morgan fingerprint density at radius 1 is 1.20 bits per heavy atom. The zero-order chi connectivity index (χ0) is 29.7. The molecule has 0 spiro atoms. The van der Waals surface area contributed by atoms with Crippen LogP contribution in [0, 0.1) is 24.0 Å². The van der Waals surface area contributed by atoms with E-state index < -0.39 is 11.6 Å². The number of nitrogens with zero attached hydrogens (tertiary/aromatic N) is 2. The van der Waals surface area contributed by atoms with E-state index in [0.29, 0.717) is 39.5 Å². The topological polar surface area (TPSA) is 129 Å². The van der Waals surface area contributed by atoms with Gasteiger partial charge in [-0.15, -0.1) is 0 Å². The Bertz CT molecular complexity index is 1650. The second-order valence-corrected chi connectivity index (χ2v) is 9.72. The van der Waals surface area contributed by atoms with Gasteiger partial charge in [0.25, 0.3) is 0 Å². The molecule has 5 N–H and O–H groups in total. The fraction of sp³-hybridized carbons (Fsp3) is 0.226. The van der Waals surface area contributed by atoms with E-state index in [1.165, 1.54) is 19.2 Å². The van der Waals surface area contributed by atoms with Crippen molar-refractivity contribution >= 4 is 29.0 Å². The standard InChI is InChI=1S/C31H32F2N6O2/c1-5-36-28(18(3)20-7-6-8-21(13-20)30(34)35)26(12-19-10-23(32)15-24(33)11-19)38-27(40)14-22-16-37-25-9-17(2)31(41-4)39-29(22)25/h5-11,13,15-16,18,37H,12,14H2,1-4H3,(H3,34,35)(H,38,40)/b28-26-,36-5?. The lowest BCUT2D eigenvalue weighted by atomic mass is 9.93. The number of carbonyl (C=O) groups is 1. The van der Waals surface area contributed by atoms with Crippen LogP contribution in [0.25, 0.3) is 11.0 Å². The molecule has 0 aliphatic carbocycles. The maximum Gasteiger partial charge on any atom is 0.228 e. The van der Waals surface area contributed by atoms with Gasteiger partial charge in [0.1, 0.15) is 17.5 Å². The van der Waals surface area contributed by atoms with E-state index in [2.05, 4.69) is 20.3 Å². The summed E-state index contributed by atoms with van der Waals surface area (Å²) in [5.41, 5.74) is 11.2. The molecule has 0 saturated carbocycles. The SMILES string of the molecule is CC=N/C(=C(/Cc1cc(F)cc(F)c1)NC(=O)Cc1c[nH]c2cc(C)c(OC)nc12)C(C)c1cccc(C(=N)N)c1. The first kappa shape index (κ1) is 29.1. The fourth-order valence-electron chi connectivity index (χ4n) is 4.75. The summed E-state index contributed by atoms with van der Waals surface area (Å²) in [6.07, 6.45) is 3.32. The van der Waals surface area contributed by atoms with Crippen molar-refractivity contribution in [1.82, 2.24) is 15.3 Å². The number of aliphatic imine (C=N–C) groups is 1. The minimum Gasteiger partial charge on any atom is -0.481 e. The van der Waals surface area contributed by atoms with Crippen molar-refractivity contribution in [2.24, 2.45) is 10.7 Å². The Labute approximate surface area is 236 Å². The van der Waals surface area contributed by atoms with Gasteiger partial charge in [0.15, 0.2) is 0 Å². The van der Waals surface area contributed by atoms with Gasteiger partial charge in [0.05, 0.1) is 30.3 Å². The molecule has 0 aliphatic rings. The number of hydrogen-bond donors (Lipinski definition) is 4. The monoisotopic (exact) mass is 558 g/mol. The maximum absolute atomic E-state index is 14.1. The fourth-order valence-corrected chi connectivity index (χ4v) is 4.75. The quantitative estimate of drug-likeness (QED) is 0.152. The summed E-state index contributed by atoms with van der Waals surface area (Å²) in [6, 6.07) is 12.3. The normalized spacial score (nSPS) is 12.8. The third kappa shape index (κ3) is 6.84. The lowest BCUT2D eigenvalue weighted by Gasteiger charge is -2.20. The van der Waals surface area contributed by atoms with Gasteiger partial charge >= 0.3 is 0 Å². The van der Waals surface area contributed by atoms with Crippen LogP contribution in [0.15, 0.2) is 71.1 Å². The van der Waals surface area contributed by atoms with Crippen LogP contribution in [-0.2, 0) is 17.6 Å². The number of carbonyl (C=O) groups excluding carboxylic acids is 1. The minimum atomic E-state index is -0.720. The van der Waals surface area contributed by atoms with Crippen molar-refractivity contribution in [3.05, 3.63) is 106 Å². The van der Waals surface area contributed by atoms with Gasteiger partial charge in [-0.2, -0.15) is 0 Å². The third-order valence-corrected chi connectivity index (χ3v) is 6.70. The molecule has 41 heavy (non-hydrogen) atoms. The summed E-state index contributed by atoms with van der Waals surface area (Å²) >= 11 is 0. The van der Waals surface area contributed by atoms with E-state index in [-0.39, 0.29) is 30.5 Å². The first-order chi connectivity index (χ1) is 19.6. The Hall–Kier alpha value is -4.86. The molecule has 0 aliphatic heterocycles. The second kappa shape index (κ2) is 12.5. The number of rotatable bonds is 10. The van der Waals surface area contributed by atoms with Gasteiger partial charge in [0.2, 0.25) is 11.8 Å². The number of allylic oxidation sites excluding steroid dienone is 2. The number of nitrogen functional groups attached to an aromatic ring is 1. The van der Waals surface area contributed by atoms with Crippen molar-refractivity contribution in [3.8, 4) is 5.88 Å². The molecule has 1 atom stereocenters. The van der Waals surface area contributed by atoms with Crippen LogP contribution in [-0.4, -0.2) is 35.0 Å². The van der Waals surface area contributed by atoms with Crippen LogP contribution in [0.5, 0.6) is 5.88 Å². The number of aromatic nitrogens is 2. The number of amides is 1. The van der Waals surface area contributed by atoms with E-state index >= 15 is 0 Å². The molecule has 2 aromatic carbocycles. The van der Waals surface area contributed by atoms with Gasteiger partial charge in [0, 0.05) is 53.2 Å². The average molecular weight is 559 g/mol. The summed E-state index contributed by atoms with van der Waals surface area (Å²) in [6.45, 7) is 5.53. The number of nitrogens with one attached hydrogen (secondary N) is 3. The Morgan fingerprint density at radius 3 is 2.59 bits per heavy atom. The van der Waals surface area contributed by atoms with Crippen molar-refractivity contribution in [2.45, 2.75) is 39.5 Å². The van der Waals surface area contributed by atoms with E-state index in [0.717, 1.165) is 22.7 Å². The van der Waals surface area contributed by atoms with Gasteiger partial charge in [-0.05, 0) is 49.2 Å². The Morgan fingerprint density at radius 2 is 1.93 bits per heavy atom. The van der Waals surface area contributed by atoms with Crippen molar-refractivity contribution in [1.29, 1.82) is 5.41 Å². The summed E-state index contributed by atoms with van der Waals surface area (Å²) in [7, 11) is 1.54. The molecular formula is C31H32F2N6O2. The number of aromatic amines is 1. The molecule has 1 unspecified atom stereocenters. The lowest BCUT2D eigenvalue weighted by molar-refractivity contribution is -0.119. The molecule has 212 valence electrons. The van der Waals surface area contributed by atoms with Crippen LogP contribution < -0.4 is 15.8 Å². The van der Waals surface area contributed by atoms with Crippen LogP contribution in [0.1, 0.15) is 47.6 Å². The third-order valence-electron chi connectivity index (χ3n) is 6.70. The predicted molar refractivity (Wildman–Crippen MR) is 156 cm³/mol. The van der Waals surface area contributed by atoms with E-state index in [1.54, 1.807) is 37.5 Å². The maximum atomic E-state index is 14.1. The molecule has 2 heterocycles. The highest BCUT2D eigenvalue weighted by Gasteiger charge is 2.21. The summed E-state index contributed by atoms with van der Waals surface area (Å²) in [5, 5.41) is 10.8. The molecule has 0 bridgehead atoms. The van der Waals surface area contributed by atoms with Gasteiger partial charge in [-0.3, -0.25) is 15.2 Å². The molecule has 10 heteroatoms. The number of fused-ring (bicyclic) bond motifs is 1. The summed E-state index contributed by atoms with van der Waals surface area (Å²) in [4.78, 5) is 25.7. The molecule has 0 fully saturated rings. The zero-order valence-electron chi connectivity index (χ0n) is 23.3. The Balaban J connectivity index is 1.75. The number of halogens is 2. The first-order valence-electron chi connectivity index (χ1n) is 13.0. The number of methoxy groups -OCH3 is 1. The van der Waals surface area contributed by atoms with Gasteiger partial charge in [-0.1, -0.05) is 25.1 Å². The molecular weight excluding hydrogens is 526 g/mol. The molecule has 0 radical (unpaired) electrons. The number of amidine groups is 1. The van der Waals surface area contributed by atoms with E-state index in [4.69, 9.17) is 15.9 Å². The predicted octanol–water partition coefficient (Wildman–Crippen LogP) is 5.45. The van der Waals surface area contributed by atoms with Crippen LogP contribution >= 0.6 is 0 Å². The second-order valence-electron chi connectivity index (χ2n) is 9.72. The molecule has 8 nitrogen and oxygen atoms in total. The molecule has 1 amide bonds. The van der Waals surface area contributed by atoms with Gasteiger partial charge < -0.3 is 20.8 Å². The lowest BCUT2D eigenvalue weighted by Crippen LogP contribution is -2.27. The van der Waals surface area contributed by atoms with E-state index in [1.807, 2.05) is 26.0 Å². The van der Waals surface area contributed by atoms with E-state index in [9.17, 15) is 13.6 Å². The summed E-state index contributed by atoms with van der Waals surface area (Å²) in [5.74, 6) is -1.76. The van der Waals surface area contributed by atoms with Crippen LogP contribution in [0.3, 0.4) is 0 Å². The molecule has 4 rings (SSSR count). The molecule has 4 aromatic rings. The number of pyridine rings is 1. The Kier molecular flexibility index (Phi) is 8.91. The highest BCUT2D eigenvalue weighted by molar-refractivity contribution is 5.95. The molecule has 0 saturated heterocycles. The average Bonchev–Trinajstić information content (AvgIpc) is 3.30. The smallest absolute Gasteiger partial charge is 0.228 e. The highest BCUT2D eigenvalue weighted by atomic mass is 19.1.